The summed E-state index contributed by atoms with van der Waals surface area (Å²) in [6.45, 7) is 6.22. The Labute approximate surface area is 141 Å². The molecule has 0 saturated heterocycles. The molecular formula is C16H25N3O3S. The van der Waals surface area contributed by atoms with E-state index >= 15 is 0 Å². The third-order valence-electron chi connectivity index (χ3n) is 2.91. The molecule has 0 spiro atoms. The second-order valence-electron chi connectivity index (χ2n) is 5.37. The predicted molar refractivity (Wildman–Crippen MR) is 93.0 cm³/mol. The summed E-state index contributed by atoms with van der Waals surface area (Å²) in [5, 5.41) is 5.40. The number of carbonyl (C=O) groups is 2. The molecule has 0 saturated carbocycles. The largest absolute Gasteiger partial charge is 0.490 e. The number of thioether (sulfide) groups is 1. The summed E-state index contributed by atoms with van der Waals surface area (Å²) in [7, 11) is 0. The summed E-state index contributed by atoms with van der Waals surface area (Å²) in [4.78, 5) is 24.3. The molecule has 1 rings (SSSR count). The normalized spacial score (nSPS) is 11.9. The maximum atomic E-state index is 12.1. The van der Waals surface area contributed by atoms with Crippen LogP contribution in [0.4, 0.5) is 0 Å². The van der Waals surface area contributed by atoms with Gasteiger partial charge >= 0.3 is 0 Å². The lowest BCUT2D eigenvalue weighted by atomic mass is 10.2. The number of nitrogens with one attached hydrogen (secondary N) is 2. The Balaban J connectivity index is 2.58. The lowest BCUT2D eigenvalue weighted by molar-refractivity contribution is -0.121. The quantitative estimate of drug-likeness (QED) is 0.491. The number of amides is 2. The third-order valence-corrected chi connectivity index (χ3v) is 3.67. The van der Waals surface area contributed by atoms with E-state index in [0.29, 0.717) is 18.7 Å². The van der Waals surface area contributed by atoms with Crippen LogP contribution in [0.2, 0.25) is 0 Å². The molecule has 0 unspecified atom stereocenters. The Morgan fingerprint density at radius 1 is 1.22 bits per heavy atom. The molecule has 0 aliphatic rings. The summed E-state index contributed by atoms with van der Waals surface area (Å²) in [5.41, 5.74) is 6.00. The topological polar surface area (TPSA) is 93.5 Å². The number of nitrogens with two attached hydrogens (primary N) is 1. The Kier molecular flexibility index (Phi) is 7.91. The van der Waals surface area contributed by atoms with E-state index in [2.05, 4.69) is 10.6 Å². The highest BCUT2D eigenvalue weighted by molar-refractivity contribution is 7.98. The fourth-order valence-electron chi connectivity index (χ4n) is 1.78. The zero-order chi connectivity index (χ0) is 17.4. The second kappa shape index (κ2) is 9.42. The van der Waals surface area contributed by atoms with Gasteiger partial charge < -0.3 is 21.1 Å². The van der Waals surface area contributed by atoms with E-state index in [4.69, 9.17) is 10.5 Å². The average molecular weight is 339 g/mol. The molecule has 0 aliphatic carbocycles. The van der Waals surface area contributed by atoms with Crippen molar-refractivity contribution in [3.05, 3.63) is 23.8 Å². The summed E-state index contributed by atoms with van der Waals surface area (Å²) in [5.74, 6) is 0.346. The highest BCUT2D eigenvalue weighted by atomic mass is 32.2. The van der Waals surface area contributed by atoms with E-state index < -0.39 is 6.04 Å². The van der Waals surface area contributed by atoms with Gasteiger partial charge in [0.15, 0.2) is 0 Å². The Hall–Kier alpha value is -1.73. The highest BCUT2D eigenvalue weighted by Crippen LogP contribution is 2.29. The van der Waals surface area contributed by atoms with Crippen molar-refractivity contribution in [2.75, 3.05) is 19.3 Å². The predicted octanol–water partition coefficient (Wildman–Crippen LogP) is 1.39. The molecule has 0 aromatic heterocycles. The van der Waals surface area contributed by atoms with Crippen LogP contribution in [0.3, 0.4) is 0 Å². The third kappa shape index (κ3) is 6.50. The first-order valence-electron chi connectivity index (χ1n) is 7.51. The number of rotatable bonds is 8. The van der Waals surface area contributed by atoms with Crippen LogP contribution in [0.25, 0.3) is 0 Å². The lowest BCUT2D eigenvalue weighted by Gasteiger charge is -2.14. The van der Waals surface area contributed by atoms with Gasteiger partial charge in [0, 0.05) is 23.5 Å². The van der Waals surface area contributed by atoms with Crippen LogP contribution in [0.5, 0.6) is 5.75 Å². The van der Waals surface area contributed by atoms with Crippen molar-refractivity contribution in [2.24, 2.45) is 5.73 Å². The van der Waals surface area contributed by atoms with E-state index in [1.165, 1.54) is 11.8 Å². The van der Waals surface area contributed by atoms with Gasteiger partial charge in [-0.3, -0.25) is 9.59 Å². The maximum Gasteiger partial charge on any atom is 0.251 e. The SMILES string of the molecule is CSc1cc(C(=O)NCCNC(=O)[C@@H](C)N)ccc1OC(C)C. The number of carbonyl (C=O) groups excluding carboxylic acids is 2. The van der Waals surface area contributed by atoms with Crippen LogP contribution in [-0.4, -0.2) is 43.3 Å². The Bertz CT molecular complexity index is 547. The highest BCUT2D eigenvalue weighted by Gasteiger charge is 2.11. The molecule has 0 fully saturated rings. The molecule has 0 aliphatic heterocycles. The molecule has 0 bridgehead atoms. The van der Waals surface area contributed by atoms with Gasteiger partial charge in [-0.1, -0.05) is 0 Å². The van der Waals surface area contributed by atoms with E-state index in [1.54, 1.807) is 25.1 Å². The van der Waals surface area contributed by atoms with E-state index in [9.17, 15) is 9.59 Å². The monoisotopic (exact) mass is 339 g/mol. The number of ether oxygens (including phenoxy) is 1. The van der Waals surface area contributed by atoms with Gasteiger partial charge in [0.1, 0.15) is 5.75 Å². The first-order valence-corrected chi connectivity index (χ1v) is 8.73. The van der Waals surface area contributed by atoms with Crippen LogP contribution in [0.1, 0.15) is 31.1 Å². The number of benzene rings is 1. The summed E-state index contributed by atoms with van der Waals surface area (Å²) >= 11 is 1.53. The standard InChI is InChI=1S/C16H25N3O3S/c1-10(2)22-13-6-5-12(9-14(13)23-4)16(21)19-8-7-18-15(20)11(3)17/h5-6,9-11H,7-8,17H2,1-4H3,(H,18,20)(H,19,21)/t11-/m1/s1. The Morgan fingerprint density at radius 3 is 2.43 bits per heavy atom. The van der Waals surface area contributed by atoms with Gasteiger partial charge in [-0.2, -0.15) is 0 Å². The minimum absolute atomic E-state index is 0.0779. The second-order valence-corrected chi connectivity index (χ2v) is 6.22. The molecule has 23 heavy (non-hydrogen) atoms. The zero-order valence-corrected chi connectivity index (χ0v) is 14.8. The van der Waals surface area contributed by atoms with Gasteiger partial charge in [-0.15, -0.1) is 11.8 Å². The van der Waals surface area contributed by atoms with Crippen molar-refractivity contribution in [2.45, 2.75) is 37.8 Å². The number of hydrogen-bond acceptors (Lipinski definition) is 5. The molecule has 0 radical (unpaired) electrons. The maximum absolute atomic E-state index is 12.1. The van der Waals surface area contributed by atoms with Gasteiger partial charge in [0.25, 0.3) is 5.91 Å². The lowest BCUT2D eigenvalue weighted by Crippen LogP contribution is -2.42. The Morgan fingerprint density at radius 2 is 1.87 bits per heavy atom. The van der Waals surface area contributed by atoms with Crippen LogP contribution in [0.15, 0.2) is 23.1 Å². The van der Waals surface area contributed by atoms with Gasteiger partial charge in [-0.25, -0.2) is 0 Å². The van der Waals surface area contributed by atoms with Crippen molar-refractivity contribution in [1.29, 1.82) is 0 Å². The van der Waals surface area contributed by atoms with Crippen LogP contribution in [-0.2, 0) is 4.79 Å². The van der Waals surface area contributed by atoms with E-state index in [0.717, 1.165) is 10.6 Å². The van der Waals surface area contributed by atoms with Crippen molar-refractivity contribution >= 4 is 23.6 Å². The summed E-state index contributed by atoms with van der Waals surface area (Å²) in [6, 6.07) is 4.79. The molecule has 128 valence electrons. The molecule has 7 heteroatoms. The number of hydrogen-bond donors (Lipinski definition) is 3. The van der Waals surface area contributed by atoms with Gasteiger partial charge in [0.05, 0.1) is 12.1 Å². The molecule has 1 aromatic rings. The van der Waals surface area contributed by atoms with Crippen molar-refractivity contribution in [3.8, 4) is 5.75 Å². The fourth-order valence-corrected chi connectivity index (χ4v) is 2.35. The van der Waals surface area contributed by atoms with Crippen LogP contribution in [0, 0.1) is 0 Å². The van der Waals surface area contributed by atoms with E-state index in [1.807, 2.05) is 20.1 Å². The molecular weight excluding hydrogens is 314 g/mol. The molecule has 6 nitrogen and oxygen atoms in total. The summed E-state index contributed by atoms with van der Waals surface area (Å²) in [6.07, 6.45) is 2.02. The fraction of sp³-hybridized carbons (Fsp3) is 0.500. The van der Waals surface area contributed by atoms with Crippen LogP contribution < -0.4 is 21.1 Å². The first-order chi connectivity index (χ1) is 10.8. The van der Waals surface area contributed by atoms with E-state index in [-0.39, 0.29) is 17.9 Å². The molecule has 1 aromatic carbocycles. The smallest absolute Gasteiger partial charge is 0.251 e. The van der Waals surface area contributed by atoms with Crippen LogP contribution >= 0.6 is 11.8 Å². The van der Waals surface area contributed by atoms with Crippen molar-refractivity contribution < 1.29 is 14.3 Å². The van der Waals surface area contributed by atoms with Crippen molar-refractivity contribution in [1.82, 2.24) is 10.6 Å². The van der Waals surface area contributed by atoms with Crippen molar-refractivity contribution in [3.63, 3.8) is 0 Å². The minimum Gasteiger partial charge on any atom is -0.490 e. The molecule has 1 atom stereocenters. The first kappa shape index (κ1) is 19.3. The summed E-state index contributed by atoms with van der Waals surface area (Å²) < 4.78 is 5.71. The van der Waals surface area contributed by atoms with Gasteiger partial charge in [0.2, 0.25) is 5.91 Å². The average Bonchev–Trinajstić information content (AvgIpc) is 2.50. The minimum atomic E-state index is -0.552. The van der Waals surface area contributed by atoms with Gasteiger partial charge in [-0.05, 0) is 45.2 Å². The zero-order valence-electron chi connectivity index (χ0n) is 14.0. The molecule has 2 amide bonds. The molecule has 4 N–H and O–H groups in total. The molecule has 0 heterocycles.